The van der Waals surface area contributed by atoms with Crippen LogP contribution in [0.15, 0.2) is 52.5 Å². The summed E-state index contributed by atoms with van der Waals surface area (Å²) in [6, 6.07) is 15.0. The largest absolute Gasteiger partial charge is 0.492 e. The molecule has 0 aromatic heterocycles. The molecule has 26 heavy (non-hydrogen) atoms. The minimum Gasteiger partial charge on any atom is -0.492 e. The number of carbonyl (C=O) groups excluding carboxylic acids is 1. The summed E-state index contributed by atoms with van der Waals surface area (Å²) in [5, 5.41) is 12.1. The summed E-state index contributed by atoms with van der Waals surface area (Å²) >= 11 is 3.46. The van der Waals surface area contributed by atoms with Crippen molar-refractivity contribution in [1.82, 2.24) is 0 Å². The fourth-order valence-corrected chi connectivity index (χ4v) is 2.78. The SMILES string of the molecule is CCCOc1ccc(/C=C(\C#N)C(=O)Nc2ccc(CC)cc2)cc1Br. The molecule has 4 nitrogen and oxygen atoms in total. The first kappa shape index (κ1) is 19.7. The lowest BCUT2D eigenvalue weighted by molar-refractivity contribution is -0.112. The van der Waals surface area contributed by atoms with Gasteiger partial charge >= 0.3 is 0 Å². The molecule has 0 atom stereocenters. The molecule has 2 aromatic carbocycles. The molecule has 0 spiro atoms. The van der Waals surface area contributed by atoms with Crippen LogP contribution in [-0.4, -0.2) is 12.5 Å². The van der Waals surface area contributed by atoms with Crippen LogP contribution >= 0.6 is 15.9 Å². The van der Waals surface area contributed by atoms with Gasteiger partial charge in [-0.1, -0.05) is 32.0 Å². The third-order valence-corrected chi connectivity index (χ3v) is 4.33. The average molecular weight is 413 g/mol. The van der Waals surface area contributed by atoms with Crippen molar-refractivity contribution >= 4 is 33.6 Å². The number of nitriles is 1. The van der Waals surface area contributed by atoms with E-state index in [9.17, 15) is 10.1 Å². The van der Waals surface area contributed by atoms with E-state index < -0.39 is 5.91 Å². The lowest BCUT2D eigenvalue weighted by atomic mass is 10.1. The molecule has 0 heterocycles. The summed E-state index contributed by atoms with van der Waals surface area (Å²) in [6.45, 7) is 4.75. The van der Waals surface area contributed by atoms with Gasteiger partial charge in [0.15, 0.2) is 0 Å². The molecule has 0 unspecified atom stereocenters. The van der Waals surface area contributed by atoms with Crippen LogP contribution in [0.5, 0.6) is 5.75 Å². The van der Waals surface area contributed by atoms with Crippen LogP contribution in [0.1, 0.15) is 31.4 Å². The summed E-state index contributed by atoms with van der Waals surface area (Å²) in [6.07, 6.45) is 3.42. The van der Waals surface area contributed by atoms with Gasteiger partial charge in [-0.2, -0.15) is 5.26 Å². The molecule has 1 amide bonds. The minimum atomic E-state index is -0.431. The van der Waals surface area contributed by atoms with Crippen molar-refractivity contribution in [2.24, 2.45) is 0 Å². The number of anilines is 1. The molecule has 2 rings (SSSR count). The molecule has 0 aliphatic rings. The van der Waals surface area contributed by atoms with Crippen LogP contribution in [0.3, 0.4) is 0 Å². The molecule has 0 fully saturated rings. The molecule has 0 saturated carbocycles. The molecule has 0 bridgehead atoms. The van der Waals surface area contributed by atoms with E-state index in [1.165, 1.54) is 5.56 Å². The maximum Gasteiger partial charge on any atom is 0.266 e. The van der Waals surface area contributed by atoms with Gasteiger partial charge in [-0.15, -0.1) is 0 Å². The number of nitrogens with zero attached hydrogens (tertiary/aromatic N) is 1. The Hall–Kier alpha value is -2.58. The van der Waals surface area contributed by atoms with Gasteiger partial charge in [0.05, 0.1) is 11.1 Å². The average Bonchev–Trinajstić information content (AvgIpc) is 2.66. The molecule has 0 aliphatic carbocycles. The summed E-state index contributed by atoms with van der Waals surface area (Å²) < 4.78 is 6.39. The van der Waals surface area contributed by atoms with E-state index in [0.29, 0.717) is 12.3 Å². The summed E-state index contributed by atoms with van der Waals surface area (Å²) in [7, 11) is 0. The number of hydrogen-bond donors (Lipinski definition) is 1. The summed E-state index contributed by atoms with van der Waals surface area (Å²) in [5.74, 6) is 0.308. The highest BCUT2D eigenvalue weighted by Crippen LogP contribution is 2.27. The monoisotopic (exact) mass is 412 g/mol. The molecule has 0 aliphatic heterocycles. The van der Waals surface area contributed by atoms with E-state index in [4.69, 9.17) is 4.74 Å². The number of nitrogens with one attached hydrogen (secondary N) is 1. The number of hydrogen-bond acceptors (Lipinski definition) is 3. The summed E-state index contributed by atoms with van der Waals surface area (Å²) in [4.78, 5) is 12.4. The number of ether oxygens (including phenoxy) is 1. The van der Waals surface area contributed by atoms with E-state index >= 15 is 0 Å². The molecule has 134 valence electrons. The van der Waals surface area contributed by atoms with Gasteiger partial charge in [0, 0.05) is 5.69 Å². The van der Waals surface area contributed by atoms with Gasteiger partial charge in [-0.25, -0.2) is 0 Å². The van der Waals surface area contributed by atoms with E-state index in [0.717, 1.165) is 28.6 Å². The smallest absolute Gasteiger partial charge is 0.266 e. The standard InChI is InChI=1S/C21H21BrN2O2/c1-3-11-26-20-10-7-16(13-19(20)22)12-17(14-23)21(25)24-18-8-5-15(4-2)6-9-18/h5-10,12-13H,3-4,11H2,1-2H3,(H,24,25)/b17-12+. The van der Waals surface area contributed by atoms with Crippen LogP contribution in [0.25, 0.3) is 6.08 Å². The van der Waals surface area contributed by atoms with Gasteiger partial charge in [-0.3, -0.25) is 4.79 Å². The molecule has 0 saturated heterocycles. The van der Waals surface area contributed by atoms with Gasteiger partial charge in [0.1, 0.15) is 17.4 Å². The number of carbonyl (C=O) groups is 1. The van der Waals surface area contributed by atoms with E-state index in [2.05, 4.69) is 28.2 Å². The van der Waals surface area contributed by atoms with Crippen LogP contribution < -0.4 is 10.1 Å². The first-order valence-corrected chi connectivity index (χ1v) is 9.31. The maximum absolute atomic E-state index is 12.4. The lowest BCUT2D eigenvalue weighted by Gasteiger charge is -2.08. The number of amides is 1. The number of benzene rings is 2. The lowest BCUT2D eigenvalue weighted by Crippen LogP contribution is -2.13. The second kappa shape index (κ2) is 9.79. The third-order valence-electron chi connectivity index (χ3n) is 3.71. The molecular weight excluding hydrogens is 392 g/mol. The van der Waals surface area contributed by atoms with E-state index in [-0.39, 0.29) is 5.57 Å². The van der Waals surface area contributed by atoms with Crippen molar-refractivity contribution < 1.29 is 9.53 Å². The first-order chi connectivity index (χ1) is 12.6. The van der Waals surface area contributed by atoms with Gasteiger partial charge < -0.3 is 10.1 Å². The van der Waals surface area contributed by atoms with Crippen molar-refractivity contribution in [2.45, 2.75) is 26.7 Å². The highest BCUT2D eigenvalue weighted by Gasteiger charge is 2.10. The maximum atomic E-state index is 12.4. The van der Waals surface area contributed by atoms with Crippen molar-refractivity contribution in [3.05, 3.63) is 63.6 Å². The van der Waals surface area contributed by atoms with Crippen LogP contribution in [0.4, 0.5) is 5.69 Å². The number of rotatable bonds is 7. The van der Waals surface area contributed by atoms with Gasteiger partial charge in [0.2, 0.25) is 0 Å². The Labute approximate surface area is 162 Å². The minimum absolute atomic E-state index is 0.0405. The van der Waals surface area contributed by atoms with Crippen molar-refractivity contribution in [3.8, 4) is 11.8 Å². The Bertz CT molecular complexity index is 836. The molecule has 2 aromatic rings. The molecular formula is C21H21BrN2O2. The highest BCUT2D eigenvalue weighted by atomic mass is 79.9. The van der Waals surface area contributed by atoms with Crippen LogP contribution in [0.2, 0.25) is 0 Å². The Balaban J connectivity index is 2.14. The zero-order chi connectivity index (χ0) is 18.9. The van der Waals surface area contributed by atoms with Crippen molar-refractivity contribution in [3.63, 3.8) is 0 Å². The van der Waals surface area contributed by atoms with Crippen LogP contribution in [-0.2, 0) is 11.2 Å². The van der Waals surface area contributed by atoms with Crippen molar-refractivity contribution in [1.29, 1.82) is 5.26 Å². The van der Waals surface area contributed by atoms with Crippen molar-refractivity contribution in [2.75, 3.05) is 11.9 Å². The molecule has 0 radical (unpaired) electrons. The second-order valence-corrected chi connectivity index (χ2v) is 6.57. The predicted octanol–water partition coefficient (Wildman–Crippen LogP) is 5.35. The molecule has 5 heteroatoms. The number of halogens is 1. The zero-order valence-electron chi connectivity index (χ0n) is 14.9. The normalized spacial score (nSPS) is 10.9. The highest BCUT2D eigenvalue weighted by molar-refractivity contribution is 9.10. The summed E-state index contributed by atoms with van der Waals surface area (Å²) in [5.41, 5.74) is 2.64. The van der Waals surface area contributed by atoms with Gasteiger partial charge in [0.25, 0.3) is 5.91 Å². The zero-order valence-corrected chi connectivity index (χ0v) is 16.5. The van der Waals surface area contributed by atoms with Crippen LogP contribution in [0, 0.1) is 11.3 Å². The van der Waals surface area contributed by atoms with E-state index in [1.54, 1.807) is 6.08 Å². The Morgan fingerprint density at radius 3 is 2.54 bits per heavy atom. The Morgan fingerprint density at radius 2 is 1.96 bits per heavy atom. The Morgan fingerprint density at radius 1 is 1.23 bits per heavy atom. The Kier molecular flexibility index (Phi) is 7.43. The topological polar surface area (TPSA) is 62.1 Å². The van der Waals surface area contributed by atoms with Gasteiger partial charge in [-0.05, 0) is 70.2 Å². The van der Waals surface area contributed by atoms with E-state index in [1.807, 2.05) is 55.5 Å². The fraction of sp³-hybridized carbons (Fsp3) is 0.238. The molecule has 1 N–H and O–H groups in total. The second-order valence-electron chi connectivity index (χ2n) is 5.71. The first-order valence-electron chi connectivity index (χ1n) is 8.51. The third kappa shape index (κ3) is 5.47. The number of aryl methyl sites for hydroxylation is 1. The fourth-order valence-electron chi connectivity index (χ4n) is 2.27. The quantitative estimate of drug-likeness (QED) is 0.492. The predicted molar refractivity (Wildman–Crippen MR) is 108 cm³/mol.